The van der Waals surface area contributed by atoms with E-state index >= 15 is 0 Å². The van der Waals surface area contributed by atoms with Crippen LogP contribution in [-0.4, -0.2) is 29.0 Å². The van der Waals surface area contributed by atoms with Crippen molar-refractivity contribution in [1.82, 2.24) is 14.0 Å². The van der Waals surface area contributed by atoms with Crippen molar-refractivity contribution < 1.29 is 12.9 Å². The van der Waals surface area contributed by atoms with Gasteiger partial charge in [-0.2, -0.15) is 4.31 Å². The maximum absolute atomic E-state index is 12.9. The van der Waals surface area contributed by atoms with Crippen molar-refractivity contribution in [1.29, 1.82) is 0 Å². The molecule has 3 heterocycles. The average molecular weight is 385 g/mol. The lowest BCUT2D eigenvalue weighted by Gasteiger charge is -2.28. The lowest BCUT2D eigenvalue weighted by atomic mass is 10.0. The van der Waals surface area contributed by atoms with Gasteiger partial charge in [0.15, 0.2) is 5.76 Å². The number of hydrogen-bond donors (Lipinski definition) is 0. The molecule has 2 aromatic heterocycles. The molecule has 0 spiro atoms. The molecule has 0 radical (unpaired) electrons. The number of benzene rings is 1. The Labute approximate surface area is 156 Å². The zero-order chi connectivity index (χ0) is 19.0. The van der Waals surface area contributed by atoms with E-state index in [0.717, 1.165) is 16.7 Å². The van der Waals surface area contributed by atoms with Crippen LogP contribution in [-0.2, 0) is 29.5 Å². The van der Waals surface area contributed by atoms with Gasteiger partial charge >= 0.3 is 0 Å². The molecule has 0 saturated carbocycles. The van der Waals surface area contributed by atoms with Gasteiger partial charge in [0.2, 0.25) is 10.0 Å². The van der Waals surface area contributed by atoms with E-state index in [1.54, 1.807) is 23.8 Å². The van der Waals surface area contributed by atoms with E-state index in [2.05, 4.69) is 5.16 Å². The molecule has 0 N–H and O–H groups in total. The van der Waals surface area contributed by atoms with Gasteiger partial charge in [-0.15, -0.1) is 0 Å². The van der Waals surface area contributed by atoms with Crippen LogP contribution in [0.1, 0.15) is 22.5 Å². The molecular weight excluding hydrogens is 366 g/mol. The van der Waals surface area contributed by atoms with E-state index in [9.17, 15) is 13.2 Å². The molecule has 0 fully saturated rings. The number of hydrogen-bond acceptors (Lipinski definition) is 5. The quantitative estimate of drug-likeness (QED) is 0.685. The molecule has 0 saturated heterocycles. The smallest absolute Gasteiger partial charge is 0.251 e. The van der Waals surface area contributed by atoms with E-state index in [1.165, 1.54) is 10.5 Å². The van der Waals surface area contributed by atoms with Gasteiger partial charge in [0.25, 0.3) is 5.56 Å². The minimum absolute atomic E-state index is 0.0798. The van der Waals surface area contributed by atoms with Gasteiger partial charge in [-0.3, -0.25) is 4.79 Å². The standard InChI is InChI=1S/C19H19N3O4S/c1-14-18(10-20-26-14)27(24,25)22-8-7-16-9-19(23)21(12-17(16)13-22)11-15-5-3-2-4-6-15/h2-6,9-10,12H,7-8,11,13H2,1H3. The first-order valence-electron chi connectivity index (χ1n) is 8.63. The Hall–Kier alpha value is -2.71. The number of pyridine rings is 1. The number of aryl methyl sites for hydroxylation is 1. The molecule has 4 rings (SSSR count). The molecule has 0 aliphatic carbocycles. The second-order valence-corrected chi connectivity index (χ2v) is 8.52. The molecule has 0 amide bonds. The van der Waals surface area contributed by atoms with Gasteiger partial charge < -0.3 is 9.09 Å². The molecule has 0 bridgehead atoms. The number of aromatic nitrogens is 2. The molecule has 3 aromatic rings. The lowest BCUT2D eigenvalue weighted by molar-refractivity contribution is 0.381. The van der Waals surface area contributed by atoms with E-state index in [1.807, 2.05) is 30.3 Å². The fraction of sp³-hybridized carbons (Fsp3) is 0.263. The Bertz CT molecular complexity index is 1130. The highest BCUT2D eigenvalue weighted by Crippen LogP contribution is 2.25. The number of rotatable bonds is 4. The third-order valence-corrected chi connectivity index (χ3v) is 6.74. The summed E-state index contributed by atoms with van der Waals surface area (Å²) in [5.41, 5.74) is 2.68. The Kier molecular flexibility index (Phi) is 4.45. The maximum atomic E-state index is 12.9. The molecule has 1 aromatic carbocycles. The molecule has 140 valence electrons. The monoisotopic (exact) mass is 385 g/mol. The molecule has 1 aliphatic heterocycles. The molecular formula is C19H19N3O4S. The summed E-state index contributed by atoms with van der Waals surface area (Å²) in [6, 6.07) is 11.3. The minimum Gasteiger partial charge on any atom is -0.360 e. The summed E-state index contributed by atoms with van der Waals surface area (Å²) < 4.78 is 33.7. The zero-order valence-electron chi connectivity index (χ0n) is 14.8. The summed E-state index contributed by atoms with van der Waals surface area (Å²) in [5, 5.41) is 3.57. The number of nitrogens with zero attached hydrogens (tertiary/aromatic N) is 3. The molecule has 27 heavy (non-hydrogen) atoms. The Morgan fingerprint density at radius 3 is 2.67 bits per heavy atom. The molecule has 0 atom stereocenters. The van der Waals surface area contributed by atoms with Gasteiger partial charge in [0, 0.05) is 25.4 Å². The number of sulfonamides is 1. The van der Waals surface area contributed by atoms with Crippen molar-refractivity contribution in [3.63, 3.8) is 0 Å². The second kappa shape index (κ2) is 6.79. The molecule has 1 aliphatic rings. The summed E-state index contributed by atoms with van der Waals surface area (Å²) in [7, 11) is -3.68. The fourth-order valence-corrected chi connectivity index (χ4v) is 4.83. The van der Waals surface area contributed by atoms with Crippen molar-refractivity contribution in [3.8, 4) is 0 Å². The van der Waals surface area contributed by atoms with Crippen LogP contribution in [0.5, 0.6) is 0 Å². The third kappa shape index (κ3) is 3.33. The maximum Gasteiger partial charge on any atom is 0.251 e. The SMILES string of the molecule is Cc1oncc1S(=O)(=O)N1CCc2cc(=O)n(Cc3ccccc3)cc2C1. The normalized spacial score (nSPS) is 14.9. The predicted octanol–water partition coefficient (Wildman–Crippen LogP) is 1.94. The Morgan fingerprint density at radius 2 is 1.96 bits per heavy atom. The highest BCUT2D eigenvalue weighted by molar-refractivity contribution is 7.89. The van der Waals surface area contributed by atoms with Gasteiger partial charge in [-0.25, -0.2) is 8.42 Å². The van der Waals surface area contributed by atoms with Crippen LogP contribution < -0.4 is 5.56 Å². The van der Waals surface area contributed by atoms with Crippen LogP contribution >= 0.6 is 0 Å². The summed E-state index contributed by atoms with van der Waals surface area (Å²) in [6.07, 6.45) is 3.50. The first kappa shape index (κ1) is 17.7. The third-order valence-electron chi connectivity index (χ3n) is 4.80. The molecule has 8 heteroatoms. The van der Waals surface area contributed by atoms with Crippen LogP contribution in [0.15, 0.2) is 63.0 Å². The van der Waals surface area contributed by atoms with Gasteiger partial charge in [-0.05, 0) is 30.0 Å². The first-order valence-corrected chi connectivity index (χ1v) is 10.1. The van der Waals surface area contributed by atoms with Crippen molar-refractivity contribution in [2.75, 3.05) is 6.54 Å². The van der Waals surface area contributed by atoms with Crippen LogP contribution in [0.2, 0.25) is 0 Å². The Morgan fingerprint density at radius 1 is 1.19 bits per heavy atom. The van der Waals surface area contributed by atoms with E-state index in [4.69, 9.17) is 4.52 Å². The summed E-state index contributed by atoms with van der Waals surface area (Å²) in [5.74, 6) is 0.273. The Balaban J connectivity index is 1.65. The largest absolute Gasteiger partial charge is 0.360 e. The predicted molar refractivity (Wildman–Crippen MR) is 98.8 cm³/mol. The van der Waals surface area contributed by atoms with Gasteiger partial charge in [-0.1, -0.05) is 35.5 Å². The zero-order valence-corrected chi connectivity index (χ0v) is 15.6. The molecule has 0 unspecified atom stereocenters. The lowest BCUT2D eigenvalue weighted by Crippen LogP contribution is -2.37. The van der Waals surface area contributed by atoms with Crippen LogP contribution in [0.25, 0.3) is 0 Å². The molecule has 7 nitrogen and oxygen atoms in total. The summed E-state index contributed by atoms with van der Waals surface area (Å²) >= 11 is 0. The van der Waals surface area contributed by atoms with Crippen LogP contribution in [0.4, 0.5) is 0 Å². The van der Waals surface area contributed by atoms with Crippen molar-refractivity contribution in [2.24, 2.45) is 0 Å². The van der Waals surface area contributed by atoms with Crippen molar-refractivity contribution in [2.45, 2.75) is 31.3 Å². The average Bonchev–Trinajstić information content (AvgIpc) is 3.09. The highest BCUT2D eigenvalue weighted by Gasteiger charge is 2.31. The first-order chi connectivity index (χ1) is 12.9. The van der Waals surface area contributed by atoms with Gasteiger partial charge in [0.1, 0.15) is 4.90 Å². The van der Waals surface area contributed by atoms with Crippen molar-refractivity contribution >= 4 is 10.0 Å². The second-order valence-electron chi connectivity index (χ2n) is 6.61. The van der Waals surface area contributed by atoms with Crippen LogP contribution in [0, 0.1) is 6.92 Å². The fourth-order valence-electron chi connectivity index (χ4n) is 3.33. The highest BCUT2D eigenvalue weighted by atomic mass is 32.2. The van der Waals surface area contributed by atoms with E-state index < -0.39 is 10.0 Å². The summed E-state index contributed by atoms with van der Waals surface area (Å²) in [6.45, 7) is 2.57. The number of fused-ring (bicyclic) bond motifs is 1. The van der Waals surface area contributed by atoms with Crippen LogP contribution in [0.3, 0.4) is 0 Å². The van der Waals surface area contributed by atoms with Crippen molar-refractivity contribution in [3.05, 3.63) is 81.6 Å². The van der Waals surface area contributed by atoms with E-state index in [-0.39, 0.29) is 22.8 Å². The minimum atomic E-state index is -3.68. The summed E-state index contributed by atoms with van der Waals surface area (Å²) in [4.78, 5) is 12.5. The van der Waals surface area contributed by atoms with Gasteiger partial charge in [0.05, 0.1) is 12.7 Å². The van der Waals surface area contributed by atoms with E-state index in [0.29, 0.717) is 19.5 Å². The topological polar surface area (TPSA) is 85.4 Å².